The summed E-state index contributed by atoms with van der Waals surface area (Å²) in [7, 11) is 2.17. The molecule has 2 aromatic heterocycles. The molecule has 0 bridgehead atoms. The third-order valence-corrected chi connectivity index (χ3v) is 8.95. The molecule has 9 nitrogen and oxygen atoms in total. The zero-order valence-corrected chi connectivity index (χ0v) is 29.1. The first-order chi connectivity index (χ1) is 20.7. The number of amides is 2. The Morgan fingerprint density at radius 3 is 2.32 bits per heavy atom. The van der Waals surface area contributed by atoms with Gasteiger partial charge in [-0.2, -0.15) is 0 Å². The summed E-state index contributed by atoms with van der Waals surface area (Å²) >= 11 is 11.9. The summed E-state index contributed by atoms with van der Waals surface area (Å²) in [6.45, 7) is 7.36. The molecule has 1 unspecified atom stereocenters. The number of imidazole rings is 1. The van der Waals surface area contributed by atoms with Crippen molar-refractivity contribution in [1.29, 1.82) is 0 Å². The molecule has 0 aliphatic carbocycles. The van der Waals surface area contributed by atoms with Crippen LogP contribution >= 0.6 is 23.2 Å². The maximum Gasteiger partial charge on any atom is 0.333 e. The second-order valence-corrected chi connectivity index (χ2v) is 12.2. The average Bonchev–Trinajstić information content (AvgIpc) is 3.63. The van der Waals surface area contributed by atoms with Gasteiger partial charge < -0.3 is 44.0 Å². The number of alkyl halides is 2. The summed E-state index contributed by atoms with van der Waals surface area (Å²) in [6, 6.07) is 14.7. The van der Waals surface area contributed by atoms with E-state index in [9.17, 15) is 9.59 Å². The number of hydrogen-bond acceptors (Lipinski definition) is 4. The Kier molecular flexibility index (Phi) is 11.6. The lowest BCUT2D eigenvalue weighted by Crippen LogP contribution is -3.00. The number of piperidine rings is 1. The first-order valence-corrected chi connectivity index (χ1v) is 15.9. The molecule has 1 atom stereocenters. The van der Waals surface area contributed by atoms with E-state index in [0.29, 0.717) is 47.7 Å². The summed E-state index contributed by atoms with van der Waals surface area (Å²) in [4.78, 5) is 34.0. The van der Waals surface area contributed by atoms with E-state index < -0.39 is 0 Å². The van der Waals surface area contributed by atoms with Gasteiger partial charge in [0.05, 0.1) is 36.9 Å². The van der Waals surface area contributed by atoms with Crippen molar-refractivity contribution >= 4 is 63.2 Å². The van der Waals surface area contributed by atoms with Crippen LogP contribution in [0.4, 0.5) is 21.9 Å². The minimum absolute atomic E-state index is 0. The number of hydrogen-bond donors (Lipinski definition) is 2. The summed E-state index contributed by atoms with van der Waals surface area (Å²) in [5.41, 5.74) is 4.67. The molecule has 0 saturated carbocycles. The molecule has 3 heterocycles. The van der Waals surface area contributed by atoms with Gasteiger partial charge in [0.15, 0.2) is 6.04 Å². The number of likely N-dealkylation sites (tertiary alicyclic amines) is 1. The van der Waals surface area contributed by atoms with Gasteiger partial charge in [0.25, 0.3) is 5.91 Å². The third-order valence-electron chi connectivity index (χ3n) is 8.61. The van der Waals surface area contributed by atoms with Crippen LogP contribution in [0, 0.1) is 6.92 Å². The second kappa shape index (κ2) is 15.0. The first-order valence-electron chi connectivity index (χ1n) is 14.8. The molecule has 1 fully saturated rings. The van der Waals surface area contributed by atoms with Gasteiger partial charge in [0, 0.05) is 48.6 Å². The van der Waals surface area contributed by atoms with Gasteiger partial charge in [-0.05, 0) is 75.1 Å². The van der Waals surface area contributed by atoms with Crippen molar-refractivity contribution in [3.63, 3.8) is 0 Å². The molecule has 2 aromatic carbocycles. The number of anilines is 3. The molecule has 44 heavy (non-hydrogen) atoms. The summed E-state index contributed by atoms with van der Waals surface area (Å²) in [5, 5.41) is 6.11. The van der Waals surface area contributed by atoms with Crippen LogP contribution in [0.25, 0.3) is 17.0 Å². The van der Waals surface area contributed by atoms with Crippen LogP contribution in [0.3, 0.4) is 0 Å². The minimum atomic E-state index is -0.343. The maximum absolute atomic E-state index is 13.8. The Morgan fingerprint density at radius 1 is 0.977 bits per heavy atom. The number of para-hydroxylation sites is 1. The van der Waals surface area contributed by atoms with E-state index in [1.165, 1.54) is 6.42 Å². The van der Waals surface area contributed by atoms with Crippen LogP contribution in [-0.4, -0.2) is 81.6 Å². The molecule has 2 amide bonds. The van der Waals surface area contributed by atoms with Crippen LogP contribution in [0.5, 0.6) is 0 Å². The molecular weight excluding hydrogens is 712 g/mol. The molecule has 236 valence electrons. The number of nitrogens with one attached hydrogen (secondary N) is 2. The number of carbonyl (C=O) groups is 2. The summed E-state index contributed by atoms with van der Waals surface area (Å²) < 4.78 is 4.09. The van der Waals surface area contributed by atoms with Crippen molar-refractivity contribution in [3.05, 3.63) is 66.5 Å². The lowest BCUT2D eigenvalue weighted by molar-refractivity contribution is -0.926. The lowest BCUT2D eigenvalue weighted by Gasteiger charge is -2.41. The first kappa shape index (κ1) is 34.1. The van der Waals surface area contributed by atoms with Crippen LogP contribution < -0.4 is 39.5 Å². The van der Waals surface area contributed by atoms with Crippen molar-refractivity contribution in [2.24, 2.45) is 0 Å². The minimum Gasteiger partial charge on any atom is -1.00 e. The van der Waals surface area contributed by atoms with Crippen LogP contribution in [-0.2, 0) is 4.79 Å². The number of nitrogens with zero attached hydrogens (tertiary/aromatic N) is 5. The largest absolute Gasteiger partial charge is 1.00 e. The maximum atomic E-state index is 13.8. The van der Waals surface area contributed by atoms with Crippen LogP contribution in [0.15, 0.2) is 60.9 Å². The van der Waals surface area contributed by atoms with E-state index in [-0.39, 0.29) is 42.0 Å². The molecule has 1 aliphatic rings. The van der Waals surface area contributed by atoms with Crippen molar-refractivity contribution < 1.29 is 38.0 Å². The number of halogens is 3. The monoisotopic (exact) mass is 751 g/mol. The SMILES string of the molecule is Cc1cccc2c1nc(-n1ccc(NC(=O)C(C)[N+]3(C)CCCCC3)c1)n2C(=O)Nc1ccc(N(CCCl)CCCl)cc1.[I-]. The summed E-state index contributed by atoms with van der Waals surface area (Å²) in [6.07, 6.45) is 7.14. The fourth-order valence-corrected chi connectivity index (χ4v) is 6.26. The Labute approximate surface area is 286 Å². The highest BCUT2D eigenvalue weighted by atomic mass is 127. The number of benzene rings is 2. The van der Waals surface area contributed by atoms with Gasteiger partial charge in [-0.3, -0.25) is 9.36 Å². The highest BCUT2D eigenvalue weighted by Gasteiger charge is 2.36. The van der Waals surface area contributed by atoms with E-state index in [1.54, 1.807) is 15.3 Å². The number of aromatic nitrogens is 3. The van der Waals surface area contributed by atoms with Gasteiger partial charge in [-0.25, -0.2) is 14.3 Å². The molecular formula is C32H40Cl2IN7O2. The predicted molar refractivity (Wildman–Crippen MR) is 176 cm³/mol. The molecule has 2 N–H and O–H groups in total. The van der Waals surface area contributed by atoms with Gasteiger partial charge in [-0.15, -0.1) is 23.2 Å². The smallest absolute Gasteiger partial charge is 0.333 e. The van der Waals surface area contributed by atoms with Crippen molar-refractivity contribution in [1.82, 2.24) is 14.1 Å². The van der Waals surface area contributed by atoms with Crippen molar-refractivity contribution in [2.75, 3.05) is 60.5 Å². The van der Waals surface area contributed by atoms with Gasteiger partial charge in [0.1, 0.15) is 0 Å². The molecule has 0 radical (unpaired) electrons. The zero-order chi connectivity index (χ0) is 30.6. The van der Waals surface area contributed by atoms with E-state index in [2.05, 4.69) is 22.6 Å². The van der Waals surface area contributed by atoms with Crippen molar-refractivity contribution in [2.45, 2.75) is 39.2 Å². The van der Waals surface area contributed by atoms with E-state index >= 15 is 0 Å². The van der Waals surface area contributed by atoms with Gasteiger partial charge in [-0.1, -0.05) is 12.1 Å². The molecule has 0 spiro atoms. The number of fused-ring (bicyclic) bond motifs is 1. The number of aryl methyl sites for hydroxylation is 1. The normalized spacial score (nSPS) is 14.9. The molecule has 1 aliphatic heterocycles. The molecule has 12 heteroatoms. The van der Waals surface area contributed by atoms with E-state index in [1.807, 2.05) is 68.6 Å². The zero-order valence-electron chi connectivity index (χ0n) is 25.4. The topological polar surface area (TPSA) is 84.2 Å². The summed E-state index contributed by atoms with van der Waals surface area (Å²) in [5.74, 6) is 1.40. The second-order valence-electron chi connectivity index (χ2n) is 11.5. The predicted octanol–water partition coefficient (Wildman–Crippen LogP) is 3.46. The number of carbonyl (C=O) groups excluding carboxylic acids is 2. The highest BCUT2D eigenvalue weighted by Crippen LogP contribution is 2.26. The Balaban J connectivity index is 0.00000442. The van der Waals surface area contributed by atoms with Gasteiger partial charge in [0.2, 0.25) is 5.95 Å². The lowest BCUT2D eigenvalue weighted by atomic mass is 10.0. The van der Waals surface area contributed by atoms with Crippen LogP contribution in [0.1, 0.15) is 31.7 Å². The Hall–Kier alpha value is -2.80. The fraction of sp³-hybridized carbons (Fsp3) is 0.406. The van der Waals surface area contributed by atoms with Crippen LogP contribution in [0.2, 0.25) is 0 Å². The van der Waals surface area contributed by atoms with E-state index in [0.717, 1.165) is 47.2 Å². The number of rotatable bonds is 10. The number of likely N-dealkylation sites (N-methyl/N-ethyl adjacent to an activating group) is 1. The fourth-order valence-electron chi connectivity index (χ4n) is 5.86. The molecule has 5 rings (SSSR count). The van der Waals surface area contributed by atoms with Gasteiger partial charge >= 0.3 is 6.03 Å². The quantitative estimate of drug-likeness (QED) is 0.148. The van der Waals surface area contributed by atoms with Crippen molar-refractivity contribution in [3.8, 4) is 5.95 Å². The third kappa shape index (κ3) is 7.35. The Bertz CT molecular complexity index is 1580. The molecule has 1 saturated heterocycles. The highest BCUT2D eigenvalue weighted by molar-refractivity contribution is 6.18. The average molecular weight is 753 g/mol. The molecule has 4 aromatic rings. The Morgan fingerprint density at radius 2 is 1.66 bits per heavy atom. The van der Waals surface area contributed by atoms with E-state index in [4.69, 9.17) is 28.2 Å². The standard InChI is InChI=1S/C32H39Cl2N7O2.HI/c1-23-8-7-9-28-29(23)37-31(39-17-14-26(22-39)35-30(42)24(2)41(3)20-5-4-6-21-41)40(28)32(43)36-25-10-12-27(13-11-25)38(18-15-33)19-16-34;/h7-14,17,22,24H,4-6,15-16,18-21H2,1-3H3,(H-,35,36,42,43);1H. The number of quaternary nitrogens is 1.